The molecular weight excluding hydrogens is 280 g/mol. The van der Waals surface area contributed by atoms with Crippen molar-refractivity contribution in [3.63, 3.8) is 0 Å². The molecule has 0 aliphatic heterocycles. The minimum absolute atomic E-state index is 0.102. The molecule has 0 radical (unpaired) electrons. The Morgan fingerprint density at radius 2 is 2.20 bits per heavy atom. The number of aryl methyl sites for hydroxylation is 1. The molecule has 0 bridgehead atoms. The van der Waals surface area contributed by atoms with Gasteiger partial charge >= 0.3 is 5.97 Å². The minimum Gasteiger partial charge on any atom is -0.478 e. The molecule has 0 atom stereocenters. The number of nitrogens with one attached hydrogen (secondary N) is 1. The fourth-order valence-electron chi connectivity index (χ4n) is 1.73. The highest BCUT2D eigenvalue weighted by Gasteiger charge is 2.17. The first-order chi connectivity index (χ1) is 9.49. The van der Waals surface area contributed by atoms with Crippen LogP contribution in [0.1, 0.15) is 20.8 Å². The van der Waals surface area contributed by atoms with Gasteiger partial charge in [-0.1, -0.05) is 0 Å². The molecule has 1 heterocycles. The van der Waals surface area contributed by atoms with Crippen molar-refractivity contribution in [2.75, 3.05) is 5.32 Å². The van der Waals surface area contributed by atoms with Crippen molar-refractivity contribution >= 4 is 28.7 Å². The monoisotopic (exact) mass is 292 g/mol. The number of benzene rings is 1. The zero-order chi connectivity index (χ0) is 14.7. The molecule has 0 unspecified atom stereocenters. The molecule has 2 aromatic rings. The van der Waals surface area contributed by atoms with Crippen LogP contribution in [0.4, 0.5) is 11.4 Å². The van der Waals surface area contributed by atoms with E-state index >= 15 is 0 Å². The van der Waals surface area contributed by atoms with E-state index in [4.69, 9.17) is 5.11 Å². The van der Waals surface area contributed by atoms with Gasteiger partial charge in [-0.3, -0.25) is 10.1 Å². The quantitative estimate of drug-likeness (QED) is 0.651. The number of carboxylic acid groups (broad SMARTS) is 1. The summed E-state index contributed by atoms with van der Waals surface area (Å²) < 4.78 is 0. The fourth-order valence-corrected chi connectivity index (χ4v) is 2.57. The van der Waals surface area contributed by atoms with Crippen molar-refractivity contribution < 1.29 is 14.8 Å². The van der Waals surface area contributed by atoms with E-state index in [1.165, 1.54) is 12.1 Å². The van der Waals surface area contributed by atoms with Crippen LogP contribution >= 0.6 is 11.3 Å². The number of carboxylic acids is 1. The van der Waals surface area contributed by atoms with E-state index in [-0.39, 0.29) is 11.3 Å². The van der Waals surface area contributed by atoms with E-state index in [1.807, 2.05) is 18.4 Å². The Labute approximate surface area is 118 Å². The number of nitro benzene ring substituents is 1. The molecular formula is C13H12N2O4S. The molecule has 6 nitrogen and oxygen atoms in total. The van der Waals surface area contributed by atoms with Crippen molar-refractivity contribution in [2.45, 2.75) is 13.5 Å². The summed E-state index contributed by atoms with van der Waals surface area (Å²) in [4.78, 5) is 22.3. The highest BCUT2D eigenvalue weighted by molar-refractivity contribution is 7.10. The standard InChI is InChI=1S/C13H12N2O4S/c1-8-4-5-20-12(8)7-14-10-3-2-9(13(16)17)6-11(10)15(18)19/h2-6,14H,7H2,1H3,(H,16,17). The Bertz CT molecular complexity index is 666. The zero-order valence-electron chi connectivity index (χ0n) is 10.6. The van der Waals surface area contributed by atoms with E-state index in [0.29, 0.717) is 12.2 Å². The maximum absolute atomic E-state index is 11.0. The molecule has 0 aliphatic rings. The SMILES string of the molecule is Cc1ccsc1CNc1ccc(C(=O)O)cc1[N+](=O)[O-]. The van der Waals surface area contributed by atoms with Gasteiger partial charge in [0.05, 0.1) is 10.5 Å². The van der Waals surface area contributed by atoms with Gasteiger partial charge in [0.1, 0.15) is 5.69 Å². The van der Waals surface area contributed by atoms with Crippen LogP contribution in [0.15, 0.2) is 29.6 Å². The van der Waals surface area contributed by atoms with Crippen molar-refractivity contribution in [3.05, 3.63) is 55.8 Å². The molecule has 20 heavy (non-hydrogen) atoms. The summed E-state index contributed by atoms with van der Waals surface area (Å²) >= 11 is 1.56. The second kappa shape index (κ2) is 5.70. The largest absolute Gasteiger partial charge is 0.478 e. The van der Waals surface area contributed by atoms with Crippen LogP contribution in [0, 0.1) is 17.0 Å². The maximum atomic E-state index is 11.0. The number of anilines is 1. The molecule has 1 aromatic carbocycles. The normalized spacial score (nSPS) is 10.2. The first-order valence-electron chi connectivity index (χ1n) is 5.77. The molecule has 0 aliphatic carbocycles. The Kier molecular flexibility index (Phi) is 3.99. The Hall–Kier alpha value is -2.41. The topological polar surface area (TPSA) is 92.5 Å². The van der Waals surface area contributed by atoms with Crippen LogP contribution in [0.5, 0.6) is 0 Å². The van der Waals surface area contributed by atoms with Gasteiger partial charge in [-0.15, -0.1) is 11.3 Å². The lowest BCUT2D eigenvalue weighted by atomic mass is 10.1. The van der Waals surface area contributed by atoms with Gasteiger partial charge in [0.15, 0.2) is 0 Å². The molecule has 1 aromatic heterocycles. The summed E-state index contributed by atoms with van der Waals surface area (Å²) in [5.41, 5.74) is 1.09. The van der Waals surface area contributed by atoms with Gasteiger partial charge in [0, 0.05) is 17.5 Å². The Balaban J connectivity index is 2.25. The van der Waals surface area contributed by atoms with Crippen LogP contribution in [-0.2, 0) is 6.54 Å². The van der Waals surface area contributed by atoms with E-state index in [9.17, 15) is 14.9 Å². The van der Waals surface area contributed by atoms with Gasteiger partial charge in [-0.05, 0) is 36.1 Å². The third-order valence-corrected chi connectivity index (χ3v) is 3.87. The molecule has 2 rings (SSSR count). The smallest absolute Gasteiger partial charge is 0.335 e. The highest BCUT2D eigenvalue weighted by atomic mass is 32.1. The summed E-state index contributed by atoms with van der Waals surface area (Å²) in [6.07, 6.45) is 0. The number of hydrogen-bond donors (Lipinski definition) is 2. The second-order valence-corrected chi connectivity index (χ2v) is 5.18. The molecule has 0 saturated heterocycles. The zero-order valence-corrected chi connectivity index (χ0v) is 11.4. The van der Waals surface area contributed by atoms with Crippen molar-refractivity contribution in [1.82, 2.24) is 0 Å². The predicted octanol–water partition coefficient (Wildman–Crippen LogP) is 3.28. The fraction of sp³-hybridized carbons (Fsp3) is 0.154. The first kappa shape index (κ1) is 14.0. The minimum atomic E-state index is -1.19. The van der Waals surface area contributed by atoms with E-state index in [1.54, 1.807) is 11.3 Å². The van der Waals surface area contributed by atoms with Crippen LogP contribution in [0.25, 0.3) is 0 Å². The molecule has 2 N–H and O–H groups in total. The lowest BCUT2D eigenvalue weighted by Gasteiger charge is -2.07. The van der Waals surface area contributed by atoms with E-state index in [0.717, 1.165) is 16.5 Å². The average molecular weight is 292 g/mol. The molecule has 0 spiro atoms. The highest BCUT2D eigenvalue weighted by Crippen LogP contribution is 2.27. The number of nitrogens with zero attached hydrogens (tertiary/aromatic N) is 1. The van der Waals surface area contributed by atoms with Gasteiger partial charge in [0.2, 0.25) is 0 Å². The van der Waals surface area contributed by atoms with Gasteiger partial charge in [-0.2, -0.15) is 0 Å². The van der Waals surface area contributed by atoms with Gasteiger partial charge in [0.25, 0.3) is 5.69 Å². The average Bonchev–Trinajstić information content (AvgIpc) is 2.81. The molecule has 104 valence electrons. The van der Waals surface area contributed by atoms with Crippen molar-refractivity contribution in [1.29, 1.82) is 0 Å². The van der Waals surface area contributed by atoms with Crippen LogP contribution in [0.3, 0.4) is 0 Å². The number of rotatable bonds is 5. The summed E-state index contributed by atoms with van der Waals surface area (Å²) in [6.45, 7) is 2.44. The Morgan fingerprint density at radius 1 is 1.45 bits per heavy atom. The lowest BCUT2D eigenvalue weighted by molar-refractivity contribution is -0.384. The maximum Gasteiger partial charge on any atom is 0.335 e. The van der Waals surface area contributed by atoms with Crippen molar-refractivity contribution in [2.24, 2.45) is 0 Å². The summed E-state index contributed by atoms with van der Waals surface area (Å²) in [6, 6.07) is 5.80. The van der Waals surface area contributed by atoms with Crippen LogP contribution in [-0.4, -0.2) is 16.0 Å². The third-order valence-electron chi connectivity index (χ3n) is 2.85. The van der Waals surface area contributed by atoms with Crippen LogP contribution < -0.4 is 5.32 Å². The number of hydrogen-bond acceptors (Lipinski definition) is 5. The van der Waals surface area contributed by atoms with Crippen molar-refractivity contribution in [3.8, 4) is 0 Å². The molecule has 7 heteroatoms. The van der Waals surface area contributed by atoms with Gasteiger partial charge < -0.3 is 10.4 Å². The number of thiophene rings is 1. The number of carbonyl (C=O) groups is 1. The third kappa shape index (κ3) is 2.94. The molecule has 0 saturated carbocycles. The molecule has 0 amide bonds. The number of nitro groups is 1. The second-order valence-electron chi connectivity index (χ2n) is 4.17. The molecule has 0 fully saturated rings. The summed E-state index contributed by atoms with van der Waals surface area (Å²) in [7, 11) is 0. The van der Waals surface area contributed by atoms with E-state index < -0.39 is 10.9 Å². The van der Waals surface area contributed by atoms with Crippen LogP contribution in [0.2, 0.25) is 0 Å². The lowest BCUT2D eigenvalue weighted by Crippen LogP contribution is -2.04. The Morgan fingerprint density at radius 3 is 2.75 bits per heavy atom. The number of aromatic carboxylic acids is 1. The first-order valence-corrected chi connectivity index (χ1v) is 6.65. The summed E-state index contributed by atoms with van der Waals surface area (Å²) in [5.74, 6) is -1.19. The predicted molar refractivity (Wildman–Crippen MR) is 76.4 cm³/mol. The van der Waals surface area contributed by atoms with E-state index in [2.05, 4.69) is 5.32 Å². The summed E-state index contributed by atoms with van der Waals surface area (Å²) in [5, 5.41) is 24.8. The van der Waals surface area contributed by atoms with Gasteiger partial charge in [-0.25, -0.2) is 4.79 Å².